The van der Waals surface area contributed by atoms with Crippen LogP contribution in [0.3, 0.4) is 0 Å². The summed E-state index contributed by atoms with van der Waals surface area (Å²) < 4.78 is 1.93. The fraction of sp³-hybridized carbons (Fsp3) is 0.500. The first-order chi connectivity index (χ1) is 11.2. The molecule has 0 bridgehead atoms. The first-order valence-electron chi connectivity index (χ1n) is 8.34. The Balaban J connectivity index is 1.59. The van der Waals surface area contributed by atoms with E-state index in [-0.39, 0.29) is 5.91 Å². The molecule has 1 aliphatic heterocycles. The minimum absolute atomic E-state index is 0.170. The molecule has 2 aromatic heterocycles. The van der Waals surface area contributed by atoms with Crippen LogP contribution in [0, 0.1) is 5.41 Å². The van der Waals surface area contributed by atoms with Gasteiger partial charge in [-0.15, -0.1) is 0 Å². The van der Waals surface area contributed by atoms with Gasteiger partial charge >= 0.3 is 0 Å². The lowest BCUT2D eigenvalue weighted by atomic mass is 9.93. The Morgan fingerprint density at radius 1 is 1.43 bits per heavy atom. The molecule has 2 aromatic rings. The lowest BCUT2D eigenvalue weighted by molar-refractivity contribution is 0.0682. The fourth-order valence-electron chi connectivity index (χ4n) is 3.96. The maximum absolute atomic E-state index is 13.2. The van der Waals surface area contributed by atoms with Gasteiger partial charge in [0, 0.05) is 25.8 Å². The highest BCUT2D eigenvalue weighted by Gasteiger charge is 2.57. The third-order valence-electron chi connectivity index (χ3n) is 5.48. The molecule has 1 aliphatic carbocycles. The summed E-state index contributed by atoms with van der Waals surface area (Å²) in [7, 11) is 1.95. The molecular formula is C18H23N3OS. The van der Waals surface area contributed by atoms with Crippen LogP contribution in [-0.4, -0.2) is 34.5 Å². The highest BCUT2D eigenvalue weighted by atomic mass is 32.1. The van der Waals surface area contributed by atoms with E-state index in [4.69, 9.17) is 0 Å². The van der Waals surface area contributed by atoms with Crippen molar-refractivity contribution in [1.29, 1.82) is 0 Å². The average Bonchev–Trinajstić information content (AvgIpc) is 2.97. The Bertz CT molecular complexity index is 685. The minimum Gasteiger partial charge on any atom is -0.347 e. The highest BCUT2D eigenvalue weighted by molar-refractivity contribution is 7.07. The number of thiophene rings is 1. The Hall–Kier alpha value is -1.59. The summed E-state index contributed by atoms with van der Waals surface area (Å²) >= 11 is 1.70. The number of amides is 1. The molecule has 4 rings (SSSR count). The number of nitrogens with zero attached hydrogens (tertiary/aromatic N) is 2. The monoisotopic (exact) mass is 329 g/mol. The molecule has 1 saturated heterocycles. The normalized spacial score (nSPS) is 22.2. The van der Waals surface area contributed by atoms with Crippen molar-refractivity contribution in [2.75, 3.05) is 13.1 Å². The summed E-state index contributed by atoms with van der Waals surface area (Å²) in [6, 6.07) is 6.41. The van der Waals surface area contributed by atoms with Gasteiger partial charge in [-0.1, -0.05) is 0 Å². The molecule has 1 amide bonds. The fourth-order valence-corrected chi connectivity index (χ4v) is 4.62. The minimum atomic E-state index is 0.170. The van der Waals surface area contributed by atoms with Crippen LogP contribution in [0.1, 0.15) is 35.3 Å². The summed E-state index contributed by atoms with van der Waals surface area (Å²) in [6.07, 6.45) is 5.49. The number of aryl methyl sites for hydroxylation is 1. The van der Waals surface area contributed by atoms with Crippen molar-refractivity contribution in [3.63, 3.8) is 0 Å². The summed E-state index contributed by atoms with van der Waals surface area (Å²) in [5.74, 6) is 0.170. The zero-order valence-corrected chi connectivity index (χ0v) is 14.3. The number of rotatable bonds is 4. The number of carbonyl (C=O) groups excluding carboxylic acids is 1. The third kappa shape index (κ3) is 2.72. The summed E-state index contributed by atoms with van der Waals surface area (Å²) in [5.41, 5.74) is 2.40. The van der Waals surface area contributed by atoms with Gasteiger partial charge in [0.05, 0.1) is 0 Å². The average molecular weight is 329 g/mol. The molecule has 122 valence electrons. The van der Waals surface area contributed by atoms with Gasteiger partial charge in [-0.3, -0.25) is 4.79 Å². The zero-order valence-electron chi connectivity index (χ0n) is 13.5. The van der Waals surface area contributed by atoms with Crippen LogP contribution >= 0.6 is 11.3 Å². The number of aromatic nitrogens is 1. The topological polar surface area (TPSA) is 37.3 Å². The molecule has 2 fully saturated rings. The molecule has 1 unspecified atom stereocenters. The third-order valence-corrected chi connectivity index (χ3v) is 6.21. The van der Waals surface area contributed by atoms with E-state index in [0.717, 1.165) is 31.7 Å². The largest absolute Gasteiger partial charge is 0.347 e. The van der Waals surface area contributed by atoms with Gasteiger partial charge < -0.3 is 14.8 Å². The molecule has 0 radical (unpaired) electrons. The van der Waals surface area contributed by atoms with E-state index < -0.39 is 0 Å². The van der Waals surface area contributed by atoms with Crippen molar-refractivity contribution in [2.45, 2.75) is 31.8 Å². The maximum atomic E-state index is 13.2. The smallest absolute Gasteiger partial charge is 0.271 e. The van der Waals surface area contributed by atoms with Crippen LogP contribution in [0.25, 0.3) is 0 Å². The number of nitrogens with one attached hydrogen (secondary N) is 1. The lowest BCUT2D eigenvalue weighted by Crippen LogP contribution is -2.39. The van der Waals surface area contributed by atoms with Gasteiger partial charge in [-0.25, -0.2) is 0 Å². The number of piperidine rings is 1. The van der Waals surface area contributed by atoms with Gasteiger partial charge in [-0.2, -0.15) is 11.3 Å². The molecule has 1 atom stereocenters. The quantitative estimate of drug-likeness (QED) is 0.936. The standard InChI is InChI=1S/C18H23N3OS/c1-20-9-2-3-15(20)17(22)21(12-14-4-10-23-13-14)16-11-18(16)5-7-19-8-6-18/h2-4,9-10,13,16,19H,5-8,11-12H2,1H3. The van der Waals surface area contributed by atoms with Crippen LogP contribution < -0.4 is 5.32 Å². The van der Waals surface area contributed by atoms with E-state index in [9.17, 15) is 4.79 Å². The Morgan fingerprint density at radius 2 is 2.26 bits per heavy atom. The van der Waals surface area contributed by atoms with Crippen molar-refractivity contribution in [3.05, 3.63) is 46.4 Å². The Kier molecular flexibility index (Phi) is 3.77. The van der Waals surface area contributed by atoms with Gasteiger partial charge in [0.1, 0.15) is 5.69 Å². The van der Waals surface area contributed by atoms with Crippen LogP contribution in [-0.2, 0) is 13.6 Å². The van der Waals surface area contributed by atoms with E-state index >= 15 is 0 Å². The summed E-state index contributed by atoms with van der Waals surface area (Å²) in [6.45, 7) is 2.90. The van der Waals surface area contributed by atoms with E-state index in [0.29, 0.717) is 11.5 Å². The first kappa shape index (κ1) is 15.0. The van der Waals surface area contributed by atoms with Crippen molar-refractivity contribution in [1.82, 2.24) is 14.8 Å². The summed E-state index contributed by atoms with van der Waals surface area (Å²) in [4.78, 5) is 15.3. The Morgan fingerprint density at radius 3 is 2.91 bits per heavy atom. The molecule has 1 N–H and O–H groups in total. The second-order valence-electron chi connectivity index (χ2n) is 6.90. The maximum Gasteiger partial charge on any atom is 0.271 e. The van der Waals surface area contributed by atoms with Gasteiger partial charge in [0.15, 0.2) is 0 Å². The second-order valence-corrected chi connectivity index (χ2v) is 7.68. The van der Waals surface area contributed by atoms with Crippen molar-refractivity contribution < 1.29 is 4.79 Å². The van der Waals surface area contributed by atoms with Crippen molar-refractivity contribution in [2.24, 2.45) is 12.5 Å². The van der Waals surface area contributed by atoms with Crippen LogP contribution in [0.15, 0.2) is 35.2 Å². The van der Waals surface area contributed by atoms with E-state index in [1.54, 1.807) is 11.3 Å². The predicted molar refractivity (Wildman–Crippen MR) is 92.5 cm³/mol. The van der Waals surface area contributed by atoms with E-state index in [2.05, 4.69) is 27.0 Å². The number of hydrogen-bond acceptors (Lipinski definition) is 3. The molecule has 3 heterocycles. The van der Waals surface area contributed by atoms with E-state index in [1.165, 1.54) is 18.4 Å². The van der Waals surface area contributed by atoms with Gasteiger partial charge in [0.25, 0.3) is 5.91 Å². The molecular weight excluding hydrogens is 306 g/mol. The Labute approximate surface area is 141 Å². The number of hydrogen-bond donors (Lipinski definition) is 1. The molecule has 1 saturated carbocycles. The highest BCUT2D eigenvalue weighted by Crippen LogP contribution is 2.56. The molecule has 1 spiro atoms. The van der Waals surface area contributed by atoms with Crippen molar-refractivity contribution >= 4 is 17.2 Å². The predicted octanol–water partition coefficient (Wildman–Crippen LogP) is 2.87. The van der Waals surface area contributed by atoms with Crippen molar-refractivity contribution in [3.8, 4) is 0 Å². The molecule has 0 aromatic carbocycles. The molecule has 4 nitrogen and oxygen atoms in total. The van der Waals surface area contributed by atoms with Crippen LogP contribution in [0.4, 0.5) is 0 Å². The van der Waals surface area contributed by atoms with E-state index in [1.807, 2.05) is 29.9 Å². The first-order valence-corrected chi connectivity index (χ1v) is 9.28. The van der Waals surface area contributed by atoms with Crippen LogP contribution in [0.2, 0.25) is 0 Å². The van der Waals surface area contributed by atoms with Crippen LogP contribution in [0.5, 0.6) is 0 Å². The zero-order chi connectivity index (χ0) is 15.9. The van der Waals surface area contributed by atoms with Gasteiger partial charge in [-0.05, 0) is 72.3 Å². The molecule has 23 heavy (non-hydrogen) atoms. The molecule has 5 heteroatoms. The summed E-state index contributed by atoms with van der Waals surface area (Å²) in [5, 5.41) is 7.69. The second kappa shape index (κ2) is 5.80. The van der Waals surface area contributed by atoms with Gasteiger partial charge in [0.2, 0.25) is 0 Å². The number of carbonyl (C=O) groups is 1. The SMILES string of the molecule is Cn1cccc1C(=O)N(Cc1ccsc1)C1CC12CCNCC2. The lowest BCUT2D eigenvalue weighted by Gasteiger charge is -2.29. The molecule has 2 aliphatic rings.